The Bertz CT molecular complexity index is 884. The van der Waals surface area contributed by atoms with E-state index in [0.29, 0.717) is 19.8 Å². The SMILES string of the molecule is CCc1ccc2nc(N(Cc3cnc[nH]3)C(=O)C3CCOCC3)sc2c1. The highest BCUT2D eigenvalue weighted by Crippen LogP contribution is 2.32. The molecule has 1 saturated heterocycles. The first kappa shape index (κ1) is 17.2. The van der Waals surface area contributed by atoms with Gasteiger partial charge in [0.2, 0.25) is 5.91 Å². The quantitative estimate of drug-likeness (QED) is 0.746. The average Bonchev–Trinajstić information content (AvgIpc) is 3.34. The van der Waals surface area contributed by atoms with Crippen molar-refractivity contribution in [2.45, 2.75) is 32.7 Å². The second-order valence-corrected chi connectivity index (χ2v) is 7.55. The smallest absolute Gasteiger partial charge is 0.232 e. The number of ether oxygens (including phenoxy) is 1. The number of fused-ring (bicyclic) bond motifs is 1. The Morgan fingerprint density at radius 1 is 1.38 bits per heavy atom. The fourth-order valence-electron chi connectivity index (χ4n) is 3.24. The lowest BCUT2D eigenvalue weighted by atomic mass is 9.99. The van der Waals surface area contributed by atoms with E-state index >= 15 is 0 Å². The number of amides is 1. The number of nitrogens with zero attached hydrogens (tertiary/aromatic N) is 3. The predicted molar refractivity (Wildman–Crippen MR) is 102 cm³/mol. The number of benzene rings is 1. The molecule has 2 aromatic heterocycles. The van der Waals surface area contributed by atoms with Gasteiger partial charge in [-0.1, -0.05) is 24.3 Å². The van der Waals surface area contributed by atoms with E-state index in [1.807, 2.05) is 6.07 Å². The summed E-state index contributed by atoms with van der Waals surface area (Å²) in [7, 11) is 0. The fraction of sp³-hybridized carbons (Fsp3) is 0.421. The molecule has 1 N–H and O–H groups in total. The van der Waals surface area contributed by atoms with Crippen molar-refractivity contribution in [3.05, 3.63) is 42.0 Å². The molecule has 7 heteroatoms. The predicted octanol–water partition coefficient (Wildman–Crippen LogP) is 3.54. The molecule has 1 fully saturated rings. The van der Waals surface area contributed by atoms with Crippen molar-refractivity contribution in [1.29, 1.82) is 0 Å². The number of anilines is 1. The van der Waals surface area contributed by atoms with Gasteiger partial charge in [-0.3, -0.25) is 9.69 Å². The third kappa shape index (κ3) is 3.50. The van der Waals surface area contributed by atoms with Gasteiger partial charge in [-0.15, -0.1) is 0 Å². The number of aromatic amines is 1. The summed E-state index contributed by atoms with van der Waals surface area (Å²) < 4.78 is 6.53. The molecule has 0 radical (unpaired) electrons. The van der Waals surface area contributed by atoms with E-state index in [0.717, 1.165) is 40.3 Å². The number of imidazole rings is 1. The maximum atomic E-state index is 13.2. The maximum absolute atomic E-state index is 13.2. The van der Waals surface area contributed by atoms with Gasteiger partial charge in [0.15, 0.2) is 5.13 Å². The molecule has 0 saturated carbocycles. The van der Waals surface area contributed by atoms with Crippen molar-refractivity contribution >= 4 is 32.6 Å². The Hall–Kier alpha value is -2.25. The number of hydrogen-bond acceptors (Lipinski definition) is 5. The lowest BCUT2D eigenvalue weighted by molar-refractivity contribution is -0.125. The summed E-state index contributed by atoms with van der Waals surface area (Å²) >= 11 is 1.58. The molecule has 0 unspecified atom stereocenters. The zero-order chi connectivity index (χ0) is 17.9. The van der Waals surface area contributed by atoms with Gasteiger partial charge in [0.05, 0.1) is 28.8 Å². The van der Waals surface area contributed by atoms with Crippen molar-refractivity contribution in [3.63, 3.8) is 0 Å². The van der Waals surface area contributed by atoms with Crippen LogP contribution in [0.15, 0.2) is 30.7 Å². The molecule has 0 bridgehead atoms. The van der Waals surface area contributed by atoms with E-state index < -0.39 is 0 Å². The number of nitrogens with one attached hydrogen (secondary N) is 1. The minimum Gasteiger partial charge on any atom is -0.381 e. The van der Waals surface area contributed by atoms with Gasteiger partial charge >= 0.3 is 0 Å². The highest BCUT2D eigenvalue weighted by atomic mass is 32.1. The van der Waals surface area contributed by atoms with Gasteiger partial charge in [-0.2, -0.15) is 0 Å². The molecule has 1 aromatic carbocycles. The van der Waals surface area contributed by atoms with Crippen molar-refractivity contribution < 1.29 is 9.53 Å². The monoisotopic (exact) mass is 370 g/mol. The fourth-order valence-corrected chi connectivity index (χ4v) is 4.27. The highest BCUT2D eigenvalue weighted by molar-refractivity contribution is 7.22. The first-order valence-corrected chi connectivity index (χ1v) is 9.82. The molecule has 0 spiro atoms. The van der Waals surface area contributed by atoms with Crippen molar-refractivity contribution in [2.24, 2.45) is 5.92 Å². The molecule has 6 nitrogen and oxygen atoms in total. The Labute approximate surface area is 156 Å². The number of thiazole rings is 1. The molecule has 3 aromatic rings. The van der Waals surface area contributed by atoms with Gasteiger partial charge in [0, 0.05) is 25.3 Å². The van der Waals surface area contributed by atoms with Crippen LogP contribution >= 0.6 is 11.3 Å². The zero-order valence-electron chi connectivity index (χ0n) is 14.8. The van der Waals surface area contributed by atoms with Crippen LogP contribution in [0.4, 0.5) is 5.13 Å². The number of H-pyrrole nitrogens is 1. The number of rotatable bonds is 5. The van der Waals surface area contributed by atoms with Gasteiger partial charge in [-0.25, -0.2) is 9.97 Å². The molecule has 3 heterocycles. The van der Waals surface area contributed by atoms with Gasteiger partial charge in [0.1, 0.15) is 0 Å². The van der Waals surface area contributed by atoms with Crippen molar-refractivity contribution in [3.8, 4) is 0 Å². The summed E-state index contributed by atoms with van der Waals surface area (Å²) in [4.78, 5) is 26.9. The lowest BCUT2D eigenvalue weighted by Crippen LogP contribution is -2.38. The van der Waals surface area contributed by atoms with Crippen molar-refractivity contribution in [2.75, 3.05) is 18.1 Å². The van der Waals surface area contributed by atoms with Gasteiger partial charge < -0.3 is 9.72 Å². The normalized spacial score (nSPS) is 15.4. The molecular formula is C19H22N4O2S. The van der Waals surface area contributed by atoms with Crippen LogP contribution in [0.5, 0.6) is 0 Å². The Morgan fingerprint density at radius 2 is 2.23 bits per heavy atom. The zero-order valence-corrected chi connectivity index (χ0v) is 15.6. The first-order chi connectivity index (χ1) is 12.7. The molecule has 0 atom stereocenters. The van der Waals surface area contributed by atoms with E-state index in [-0.39, 0.29) is 11.8 Å². The van der Waals surface area contributed by atoms with Crippen LogP contribution < -0.4 is 4.90 Å². The van der Waals surface area contributed by atoms with Crippen molar-refractivity contribution in [1.82, 2.24) is 15.0 Å². The summed E-state index contributed by atoms with van der Waals surface area (Å²) in [5.41, 5.74) is 3.12. The molecular weight excluding hydrogens is 348 g/mol. The largest absolute Gasteiger partial charge is 0.381 e. The minimum absolute atomic E-state index is 0.00936. The summed E-state index contributed by atoms with van der Waals surface area (Å²) in [5.74, 6) is 0.113. The van der Waals surface area contributed by atoms with E-state index in [1.165, 1.54) is 5.56 Å². The summed E-state index contributed by atoms with van der Waals surface area (Å²) in [6, 6.07) is 6.32. The molecule has 0 aliphatic carbocycles. The van der Waals surface area contributed by atoms with Gasteiger partial charge in [0.25, 0.3) is 0 Å². The topological polar surface area (TPSA) is 71.1 Å². The average molecular weight is 370 g/mol. The minimum atomic E-state index is -0.00936. The third-order valence-corrected chi connectivity index (χ3v) is 5.84. The molecule has 26 heavy (non-hydrogen) atoms. The lowest BCUT2D eigenvalue weighted by Gasteiger charge is -2.27. The van der Waals surface area contributed by atoms with E-state index in [1.54, 1.807) is 28.8 Å². The Kier molecular flexibility index (Phi) is 4.99. The number of aromatic nitrogens is 3. The Morgan fingerprint density at radius 3 is 2.96 bits per heavy atom. The molecule has 1 amide bonds. The number of carbonyl (C=O) groups is 1. The first-order valence-electron chi connectivity index (χ1n) is 9.00. The van der Waals surface area contributed by atoms with Crippen LogP contribution in [-0.4, -0.2) is 34.1 Å². The molecule has 4 rings (SSSR count). The Balaban J connectivity index is 1.68. The number of aryl methyl sites for hydroxylation is 1. The van der Waals surface area contributed by atoms with Crippen LogP contribution in [0.2, 0.25) is 0 Å². The van der Waals surface area contributed by atoms with Crippen LogP contribution in [0, 0.1) is 5.92 Å². The van der Waals surface area contributed by atoms with Crippen LogP contribution in [-0.2, 0) is 22.5 Å². The summed E-state index contributed by atoms with van der Waals surface area (Å²) in [5, 5.41) is 0.749. The van der Waals surface area contributed by atoms with E-state index in [2.05, 4.69) is 29.0 Å². The molecule has 1 aliphatic rings. The van der Waals surface area contributed by atoms with Crippen LogP contribution in [0.1, 0.15) is 31.0 Å². The third-order valence-electron chi connectivity index (χ3n) is 4.80. The second kappa shape index (κ2) is 7.55. The maximum Gasteiger partial charge on any atom is 0.232 e. The number of hydrogen-bond donors (Lipinski definition) is 1. The summed E-state index contributed by atoms with van der Waals surface area (Å²) in [6.07, 6.45) is 5.92. The van der Waals surface area contributed by atoms with E-state index in [4.69, 9.17) is 9.72 Å². The van der Waals surface area contributed by atoms with Gasteiger partial charge in [-0.05, 0) is 37.0 Å². The second-order valence-electron chi connectivity index (χ2n) is 6.54. The highest BCUT2D eigenvalue weighted by Gasteiger charge is 2.29. The van der Waals surface area contributed by atoms with E-state index in [9.17, 15) is 4.79 Å². The molecule has 1 aliphatic heterocycles. The summed E-state index contributed by atoms with van der Waals surface area (Å²) in [6.45, 7) is 3.89. The number of carbonyl (C=O) groups excluding carboxylic acids is 1. The standard InChI is InChI=1S/C19H22N4O2S/c1-2-13-3-4-16-17(9-13)26-19(22-16)23(11-15-10-20-12-21-15)18(24)14-5-7-25-8-6-14/h3-4,9-10,12,14H,2,5-8,11H2,1H3,(H,20,21). The van der Waals surface area contributed by atoms with Crippen LogP contribution in [0.25, 0.3) is 10.2 Å². The van der Waals surface area contributed by atoms with Crippen LogP contribution in [0.3, 0.4) is 0 Å². The molecule has 136 valence electrons.